The van der Waals surface area contributed by atoms with Crippen molar-refractivity contribution in [1.82, 2.24) is 9.99 Å². The number of allylic oxidation sites excluding steroid dienone is 1. The van der Waals surface area contributed by atoms with E-state index in [1.54, 1.807) is 30.5 Å². The quantitative estimate of drug-likeness (QED) is 0.391. The molecule has 2 N–H and O–H groups in total. The van der Waals surface area contributed by atoms with Crippen molar-refractivity contribution in [2.24, 2.45) is 5.10 Å². The van der Waals surface area contributed by atoms with Gasteiger partial charge < -0.3 is 9.88 Å². The average molecular weight is 374 g/mol. The van der Waals surface area contributed by atoms with Crippen LogP contribution in [0.3, 0.4) is 0 Å². The maximum absolute atomic E-state index is 12.3. The lowest BCUT2D eigenvalue weighted by molar-refractivity contribution is -0.114. The molecule has 6 heteroatoms. The van der Waals surface area contributed by atoms with Crippen LogP contribution in [0.5, 0.6) is 0 Å². The van der Waals surface area contributed by atoms with E-state index in [0.717, 1.165) is 22.2 Å². The number of nitrogens with zero attached hydrogens (tertiary/aromatic N) is 2. The number of hydrogen-bond donors (Lipinski definition) is 2. The molecule has 0 fully saturated rings. The monoisotopic (exact) mass is 374 g/mol. The normalized spacial score (nSPS) is 10.9. The summed E-state index contributed by atoms with van der Waals surface area (Å²) in [6.45, 7) is 7.98. The van der Waals surface area contributed by atoms with E-state index in [0.29, 0.717) is 17.8 Å². The van der Waals surface area contributed by atoms with Gasteiger partial charge in [-0.3, -0.25) is 9.59 Å². The van der Waals surface area contributed by atoms with Crippen molar-refractivity contribution in [2.75, 3.05) is 5.32 Å². The molecule has 0 radical (unpaired) electrons. The number of carbonyl (C=O) groups excluding carboxylic acids is 2. The Hall–Kier alpha value is -3.67. The molecule has 0 bridgehead atoms. The second-order valence-electron chi connectivity index (χ2n) is 6.37. The number of amides is 2. The van der Waals surface area contributed by atoms with Crippen LogP contribution in [0.2, 0.25) is 0 Å². The van der Waals surface area contributed by atoms with E-state index < -0.39 is 0 Å². The lowest BCUT2D eigenvalue weighted by Gasteiger charge is -2.04. The minimum Gasteiger partial charge on any atom is -0.340 e. The molecule has 0 unspecified atom stereocenters. The molecule has 1 heterocycles. The summed E-state index contributed by atoms with van der Waals surface area (Å²) in [6.07, 6.45) is 3.52. The number of anilines is 1. The van der Waals surface area contributed by atoms with Gasteiger partial charge in [0.05, 0.1) is 6.21 Å². The molecule has 0 saturated heterocycles. The van der Waals surface area contributed by atoms with Crippen LogP contribution < -0.4 is 10.7 Å². The van der Waals surface area contributed by atoms with Gasteiger partial charge in [0.1, 0.15) is 0 Å². The van der Waals surface area contributed by atoms with Crippen LogP contribution in [-0.2, 0) is 11.3 Å². The predicted octanol–water partition coefficient (Wildman–Crippen LogP) is 3.86. The van der Waals surface area contributed by atoms with Gasteiger partial charge in [-0.1, -0.05) is 24.3 Å². The molecule has 142 valence electrons. The third kappa shape index (κ3) is 4.01. The fourth-order valence-corrected chi connectivity index (χ4v) is 3.11. The SMILES string of the molecule is C=CCn1c(C)c(C=NNC(=O)c2ccc(NC(C)=O)cc2)c2ccccc21. The van der Waals surface area contributed by atoms with Crippen LogP contribution in [0, 0.1) is 6.92 Å². The zero-order valence-corrected chi connectivity index (χ0v) is 15.9. The van der Waals surface area contributed by atoms with E-state index >= 15 is 0 Å². The number of fused-ring (bicyclic) bond motifs is 1. The minimum absolute atomic E-state index is 0.159. The number of hydrazone groups is 1. The maximum Gasteiger partial charge on any atom is 0.271 e. The van der Waals surface area contributed by atoms with Crippen LogP contribution >= 0.6 is 0 Å². The van der Waals surface area contributed by atoms with Crippen molar-refractivity contribution < 1.29 is 9.59 Å². The van der Waals surface area contributed by atoms with Gasteiger partial charge in [0, 0.05) is 46.9 Å². The molecule has 0 aliphatic rings. The first-order valence-electron chi connectivity index (χ1n) is 8.91. The fraction of sp³-hybridized carbons (Fsp3) is 0.136. The van der Waals surface area contributed by atoms with E-state index in [2.05, 4.69) is 33.1 Å². The van der Waals surface area contributed by atoms with E-state index in [-0.39, 0.29) is 11.8 Å². The van der Waals surface area contributed by atoms with E-state index in [1.165, 1.54) is 6.92 Å². The summed E-state index contributed by atoms with van der Waals surface area (Å²) in [7, 11) is 0. The Morgan fingerprint density at radius 1 is 1.14 bits per heavy atom. The molecule has 0 atom stereocenters. The average Bonchev–Trinajstić information content (AvgIpc) is 2.94. The summed E-state index contributed by atoms with van der Waals surface area (Å²) >= 11 is 0. The largest absolute Gasteiger partial charge is 0.340 e. The Kier molecular flexibility index (Phi) is 5.69. The second-order valence-corrected chi connectivity index (χ2v) is 6.37. The van der Waals surface area contributed by atoms with Gasteiger partial charge in [-0.05, 0) is 37.3 Å². The van der Waals surface area contributed by atoms with Gasteiger partial charge in [-0.25, -0.2) is 5.43 Å². The Morgan fingerprint density at radius 2 is 1.86 bits per heavy atom. The van der Waals surface area contributed by atoms with Crippen molar-refractivity contribution in [2.45, 2.75) is 20.4 Å². The molecule has 2 aromatic carbocycles. The Balaban J connectivity index is 1.77. The first-order valence-corrected chi connectivity index (χ1v) is 8.91. The summed E-state index contributed by atoms with van der Waals surface area (Å²) in [5.74, 6) is -0.481. The first kappa shape index (κ1) is 19.1. The van der Waals surface area contributed by atoms with Crippen LogP contribution in [0.1, 0.15) is 28.5 Å². The van der Waals surface area contributed by atoms with Crippen molar-refractivity contribution in [1.29, 1.82) is 0 Å². The second kappa shape index (κ2) is 8.35. The Morgan fingerprint density at radius 3 is 2.54 bits per heavy atom. The van der Waals surface area contributed by atoms with Crippen LogP contribution in [0.15, 0.2) is 66.3 Å². The fourth-order valence-electron chi connectivity index (χ4n) is 3.11. The maximum atomic E-state index is 12.3. The molecule has 1 aromatic heterocycles. The zero-order valence-electron chi connectivity index (χ0n) is 15.9. The summed E-state index contributed by atoms with van der Waals surface area (Å²) in [6, 6.07) is 14.7. The van der Waals surface area contributed by atoms with Crippen molar-refractivity contribution in [3.05, 3.63) is 78.0 Å². The molecule has 2 amide bonds. The highest BCUT2D eigenvalue weighted by molar-refractivity contribution is 6.02. The lowest BCUT2D eigenvalue weighted by atomic mass is 10.1. The first-order chi connectivity index (χ1) is 13.5. The van der Waals surface area contributed by atoms with E-state index in [9.17, 15) is 9.59 Å². The number of aromatic nitrogens is 1. The van der Waals surface area contributed by atoms with Gasteiger partial charge >= 0.3 is 0 Å². The molecule has 6 nitrogen and oxygen atoms in total. The number of hydrogen-bond acceptors (Lipinski definition) is 3. The minimum atomic E-state index is -0.321. The molecule has 0 saturated carbocycles. The summed E-state index contributed by atoms with van der Waals surface area (Å²) in [5, 5.41) is 7.87. The summed E-state index contributed by atoms with van der Waals surface area (Å²) in [5.41, 5.74) is 6.76. The van der Waals surface area contributed by atoms with Gasteiger partial charge in [0.25, 0.3) is 5.91 Å². The Labute approximate surface area is 163 Å². The molecule has 0 spiro atoms. The van der Waals surface area contributed by atoms with E-state index in [4.69, 9.17) is 0 Å². The zero-order chi connectivity index (χ0) is 20.1. The lowest BCUT2D eigenvalue weighted by Crippen LogP contribution is -2.17. The van der Waals surface area contributed by atoms with Gasteiger partial charge in [-0.2, -0.15) is 5.10 Å². The summed E-state index contributed by atoms with van der Waals surface area (Å²) in [4.78, 5) is 23.3. The van der Waals surface area contributed by atoms with Crippen molar-refractivity contribution >= 4 is 34.6 Å². The molecule has 0 aliphatic carbocycles. The number of para-hydroxylation sites is 1. The topological polar surface area (TPSA) is 75.5 Å². The number of carbonyl (C=O) groups is 2. The number of nitrogens with one attached hydrogen (secondary N) is 2. The van der Waals surface area contributed by atoms with Crippen molar-refractivity contribution in [3.8, 4) is 0 Å². The molecule has 3 aromatic rings. The highest BCUT2D eigenvalue weighted by Crippen LogP contribution is 2.24. The standard InChI is InChI=1S/C22H22N4O2/c1-4-13-26-15(2)20(19-7-5-6-8-21(19)26)14-23-25-22(28)17-9-11-18(12-10-17)24-16(3)27/h4-12,14H,1,13H2,2-3H3,(H,24,27)(H,25,28). The van der Waals surface area contributed by atoms with Crippen LogP contribution in [0.4, 0.5) is 5.69 Å². The third-order valence-electron chi connectivity index (χ3n) is 4.42. The molecular weight excluding hydrogens is 352 g/mol. The Bertz CT molecular complexity index is 1060. The highest BCUT2D eigenvalue weighted by atomic mass is 16.2. The predicted molar refractivity (Wildman–Crippen MR) is 113 cm³/mol. The third-order valence-corrected chi connectivity index (χ3v) is 4.42. The smallest absolute Gasteiger partial charge is 0.271 e. The highest BCUT2D eigenvalue weighted by Gasteiger charge is 2.11. The van der Waals surface area contributed by atoms with Crippen LogP contribution in [0.25, 0.3) is 10.9 Å². The number of rotatable bonds is 6. The van der Waals surface area contributed by atoms with Gasteiger partial charge in [0.2, 0.25) is 5.91 Å². The molecule has 3 rings (SSSR count). The number of benzene rings is 2. The molecule has 0 aliphatic heterocycles. The van der Waals surface area contributed by atoms with Crippen LogP contribution in [-0.4, -0.2) is 22.6 Å². The molecular formula is C22H22N4O2. The van der Waals surface area contributed by atoms with E-state index in [1.807, 2.05) is 31.2 Å². The molecule has 28 heavy (non-hydrogen) atoms. The van der Waals surface area contributed by atoms with Gasteiger partial charge in [0.15, 0.2) is 0 Å². The van der Waals surface area contributed by atoms with Crippen molar-refractivity contribution in [3.63, 3.8) is 0 Å². The van der Waals surface area contributed by atoms with Gasteiger partial charge in [-0.15, -0.1) is 6.58 Å². The summed E-state index contributed by atoms with van der Waals surface area (Å²) < 4.78 is 2.16.